The minimum Gasteiger partial charge on any atom is -0.288 e. The first kappa shape index (κ1) is 11.4. The molecule has 1 amide bonds. The van der Waals surface area contributed by atoms with Crippen LogP contribution in [0.25, 0.3) is 0 Å². The van der Waals surface area contributed by atoms with E-state index in [9.17, 15) is 4.79 Å². The van der Waals surface area contributed by atoms with Gasteiger partial charge in [-0.15, -0.1) is 0 Å². The van der Waals surface area contributed by atoms with Gasteiger partial charge in [0.15, 0.2) is 0 Å². The minimum absolute atomic E-state index is 0.459. The Labute approximate surface area is 99.7 Å². The van der Waals surface area contributed by atoms with E-state index in [1.54, 1.807) is 17.6 Å². The van der Waals surface area contributed by atoms with Crippen LogP contribution in [0.4, 0.5) is 0 Å². The van der Waals surface area contributed by atoms with E-state index in [2.05, 4.69) is 0 Å². The second-order valence-corrected chi connectivity index (χ2v) is 3.80. The molecule has 0 aliphatic heterocycles. The molecule has 0 saturated carbocycles. The maximum Gasteiger partial charge on any atom is 0.274 e. The molecule has 0 atom stereocenters. The average molecular weight is 227 g/mol. The summed E-state index contributed by atoms with van der Waals surface area (Å²) in [6.07, 6.45) is 0.771. The van der Waals surface area contributed by atoms with Crippen LogP contribution in [0.1, 0.15) is 21.5 Å². The topological polar surface area (TPSA) is 49.3 Å². The highest BCUT2D eigenvalue weighted by molar-refractivity contribution is 5.93. The highest BCUT2D eigenvalue weighted by Crippen LogP contribution is 2.11. The van der Waals surface area contributed by atoms with E-state index >= 15 is 0 Å². The Kier molecular flexibility index (Phi) is 3.52. The summed E-state index contributed by atoms with van der Waals surface area (Å²) in [5, 5.41) is 8.57. The van der Waals surface area contributed by atoms with Gasteiger partial charge in [-0.05, 0) is 29.7 Å². The van der Waals surface area contributed by atoms with Crippen LogP contribution in [0.3, 0.4) is 0 Å². The second-order valence-electron chi connectivity index (χ2n) is 3.80. The maximum absolute atomic E-state index is 11.3. The molecular formula is C14H13NO2. The fraction of sp³-hybridized carbons (Fsp3) is 0.0714. The minimum atomic E-state index is -0.486. The summed E-state index contributed by atoms with van der Waals surface area (Å²) < 4.78 is 0. The lowest BCUT2D eigenvalue weighted by atomic mass is 10.0. The van der Waals surface area contributed by atoms with Gasteiger partial charge in [0, 0.05) is 5.56 Å². The van der Waals surface area contributed by atoms with Gasteiger partial charge < -0.3 is 0 Å². The smallest absolute Gasteiger partial charge is 0.274 e. The standard InChI is InChI=1S/C14H13NO2/c16-14(15-17)13-8-4-7-12(10-13)9-11-5-2-1-3-6-11/h1-8,10,17H,9H2,(H,15,16). The highest BCUT2D eigenvalue weighted by Gasteiger charge is 2.04. The zero-order chi connectivity index (χ0) is 12.1. The molecule has 3 heteroatoms. The third-order valence-corrected chi connectivity index (χ3v) is 2.54. The van der Waals surface area contributed by atoms with Gasteiger partial charge in [0.05, 0.1) is 0 Å². The van der Waals surface area contributed by atoms with Gasteiger partial charge in [-0.3, -0.25) is 10.0 Å². The van der Waals surface area contributed by atoms with Crippen molar-refractivity contribution in [2.45, 2.75) is 6.42 Å². The molecule has 0 fully saturated rings. The molecule has 2 N–H and O–H groups in total. The molecule has 2 rings (SSSR count). The fourth-order valence-corrected chi connectivity index (χ4v) is 1.72. The molecule has 0 unspecified atom stereocenters. The zero-order valence-electron chi connectivity index (χ0n) is 9.26. The molecule has 3 nitrogen and oxygen atoms in total. The predicted octanol–water partition coefficient (Wildman–Crippen LogP) is 2.40. The Morgan fingerprint density at radius 1 is 1.00 bits per heavy atom. The SMILES string of the molecule is O=C(NO)c1cccc(Cc2ccccc2)c1. The highest BCUT2D eigenvalue weighted by atomic mass is 16.5. The van der Waals surface area contributed by atoms with E-state index in [1.807, 2.05) is 42.5 Å². The zero-order valence-corrected chi connectivity index (χ0v) is 9.26. The number of nitrogens with one attached hydrogen (secondary N) is 1. The van der Waals surface area contributed by atoms with Crippen molar-refractivity contribution >= 4 is 5.91 Å². The van der Waals surface area contributed by atoms with E-state index in [-0.39, 0.29) is 0 Å². The van der Waals surface area contributed by atoms with Crippen molar-refractivity contribution in [3.63, 3.8) is 0 Å². The van der Waals surface area contributed by atoms with Crippen LogP contribution in [-0.2, 0) is 6.42 Å². The largest absolute Gasteiger partial charge is 0.288 e. The summed E-state index contributed by atoms with van der Waals surface area (Å²) >= 11 is 0. The van der Waals surface area contributed by atoms with E-state index in [0.717, 1.165) is 12.0 Å². The van der Waals surface area contributed by atoms with Crippen molar-refractivity contribution in [2.24, 2.45) is 0 Å². The Morgan fingerprint density at radius 2 is 1.71 bits per heavy atom. The van der Waals surface area contributed by atoms with E-state index in [0.29, 0.717) is 5.56 Å². The number of hydroxylamine groups is 1. The van der Waals surface area contributed by atoms with E-state index < -0.39 is 5.91 Å². The van der Waals surface area contributed by atoms with Gasteiger partial charge in [-0.2, -0.15) is 0 Å². The molecule has 0 heterocycles. The molecule has 17 heavy (non-hydrogen) atoms. The lowest BCUT2D eigenvalue weighted by molar-refractivity contribution is 0.0706. The number of hydrogen-bond donors (Lipinski definition) is 2. The molecule has 0 aliphatic rings. The Morgan fingerprint density at radius 3 is 2.41 bits per heavy atom. The summed E-state index contributed by atoms with van der Waals surface area (Å²) in [6, 6.07) is 17.2. The van der Waals surface area contributed by atoms with Crippen molar-refractivity contribution in [3.05, 3.63) is 71.3 Å². The molecule has 2 aromatic carbocycles. The van der Waals surface area contributed by atoms with Crippen LogP contribution in [0, 0.1) is 0 Å². The van der Waals surface area contributed by atoms with Crippen LogP contribution in [0.15, 0.2) is 54.6 Å². The lowest BCUT2D eigenvalue weighted by Gasteiger charge is -2.04. The Bertz CT molecular complexity index is 509. The van der Waals surface area contributed by atoms with Gasteiger partial charge in [-0.25, -0.2) is 5.48 Å². The van der Waals surface area contributed by atoms with Gasteiger partial charge in [0.2, 0.25) is 0 Å². The lowest BCUT2D eigenvalue weighted by Crippen LogP contribution is -2.18. The molecule has 0 aromatic heterocycles. The summed E-state index contributed by atoms with van der Waals surface area (Å²) in [5.41, 5.74) is 4.32. The molecule has 0 saturated heterocycles. The normalized spacial score (nSPS) is 9.94. The maximum atomic E-state index is 11.3. The number of rotatable bonds is 3. The molecule has 0 spiro atoms. The van der Waals surface area contributed by atoms with E-state index in [4.69, 9.17) is 5.21 Å². The first-order chi connectivity index (χ1) is 8.29. The molecule has 0 bridgehead atoms. The second kappa shape index (κ2) is 5.27. The first-order valence-electron chi connectivity index (χ1n) is 5.37. The third-order valence-electron chi connectivity index (χ3n) is 2.54. The van der Waals surface area contributed by atoms with Crippen LogP contribution in [-0.4, -0.2) is 11.1 Å². The summed E-state index contributed by atoms with van der Waals surface area (Å²) in [5.74, 6) is -0.486. The molecular weight excluding hydrogens is 214 g/mol. The summed E-state index contributed by atoms with van der Waals surface area (Å²) in [4.78, 5) is 11.3. The Hall–Kier alpha value is -2.13. The van der Waals surface area contributed by atoms with Crippen LogP contribution >= 0.6 is 0 Å². The fourth-order valence-electron chi connectivity index (χ4n) is 1.72. The summed E-state index contributed by atoms with van der Waals surface area (Å²) in [7, 11) is 0. The van der Waals surface area contributed by atoms with Crippen molar-refractivity contribution in [2.75, 3.05) is 0 Å². The van der Waals surface area contributed by atoms with E-state index in [1.165, 1.54) is 5.56 Å². The number of benzene rings is 2. The number of carbonyl (C=O) groups excluding carboxylic acids is 1. The predicted molar refractivity (Wildman–Crippen MR) is 64.9 cm³/mol. The molecule has 2 aromatic rings. The van der Waals surface area contributed by atoms with Crippen LogP contribution in [0.2, 0.25) is 0 Å². The summed E-state index contributed by atoms with van der Waals surface area (Å²) in [6.45, 7) is 0. The number of amides is 1. The molecule has 86 valence electrons. The van der Waals surface area contributed by atoms with Gasteiger partial charge in [0.25, 0.3) is 5.91 Å². The van der Waals surface area contributed by atoms with Gasteiger partial charge in [0.1, 0.15) is 0 Å². The quantitative estimate of drug-likeness (QED) is 0.625. The van der Waals surface area contributed by atoms with Crippen LogP contribution < -0.4 is 5.48 Å². The average Bonchev–Trinajstić information content (AvgIpc) is 2.39. The Balaban J connectivity index is 2.20. The first-order valence-corrected chi connectivity index (χ1v) is 5.37. The third kappa shape index (κ3) is 2.92. The number of hydrogen-bond acceptors (Lipinski definition) is 2. The van der Waals surface area contributed by atoms with Crippen molar-refractivity contribution in [3.8, 4) is 0 Å². The van der Waals surface area contributed by atoms with Crippen molar-refractivity contribution < 1.29 is 10.0 Å². The van der Waals surface area contributed by atoms with Gasteiger partial charge >= 0.3 is 0 Å². The van der Waals surface area contributed by atoms with Crippen molar-refractivity contribution in [1.82, 2.24) is 5.48 Å². The van der Waals surface area contributed by atoms with Crippen LogP contribution in [0.5, 0.6) is 0 Å². The number of carbonyl (C=O) groups is 1. The molecule has 0 radical (unpaired) electrons. The monoisotopic (exact) mass is 227 g/mol. The van der Waals surface area contributed by atoms with Gasteiger partial charge in [-0.1, -0.05) is 42.5 Å². The molecule has 0 aliphatic carbocycles. The van der Waals surface area contributed by atoms with Crippen molar-refractivity contribution in [1.29, 1.82) is 0 Å².